The normalized spacial score (nSPS) is 18.7. The van der Waals surface area contributed by atoms with Crippen LogP contribution in [0.15, 0.2) is 30.3 Å². The highest BCUT2D eigenvalue weighted by atomic mass is 16.6. The summed E-state index contributed by atoms with van der Waals surface area (Å²) in [6.07, 6.45) is 1.12. The number of carbonyl (C=O) groups excluding carboxylic acids is 3. The predicted molar refractivity (Wildman–Crippen MR) is 167 cm³/mol. The van der Waals surface area contributed by atoms with E-state index in [4.69, 9.17) is 14.2 Å². The van der Waals surface area contributed by atoms with Crippen molar-refractivity contribution in [1.82, 2.24) is 15.1 Å². The number of rotatable bonds is 13. The predicted octanol–water partition coefficient (Wildman–Crippen LogP) is 3.78. The summed E-state index contributed by atoms with van der Waals surface area (Å²) in [5.41, 5.74) is -1.34. The lowest BCUT2D eigenvalue weighted by Gasteiger charge is -2.35. The van der Waals surface area contributed by atoms with E-state index in [1.165, 1.54) is 0 Å². The van der Waals surface area contributed by atoms with E-state index >= 15 is 0 Å². The van der Waals surface area contributed by atoms with Crippen LogP contribution < -0.4 is 5.32 Å². The second-order valence-electron chi connectivity index (χ2n) is 14.6. The number of carboxylic acid groups (broad SMARTS) is 1. The lowest BCUT2D eigenvalue weighted by Crippen LogP contribution is -2.55. The van der Waals surface area contributed by atoms with Gasteiger partial charge in [-0.05, 0) is 87.6 Å². The van der Waals surface area contributed by atoms with Gasteiger partial charge in [-0.2, -0.15) is 0 Å². The molecule has 11 heteroatoms. The number of benzene rings is 1. The van der Waals surface area contributed by atoms with Gasteiger partial charge >= 0.3 is 23.9 Å². The van der Waals surface area contributed by atoms with Crippen LogP contribution in [0.4, 0.5) is 0 Å². The van der Waals surface area contributed by atoms with Gasteiger partial charge in [0.15, 0.2) is 0 Å². The molecule has 44 heavy (non-hydrogen) atoms. The number of carboxylic acids is 1. The molecule has 0 aromatic heterocycles. The van der Waals surface area contributed by atoms with Crippen LogP contribution in [0.3, 0.4) is 0 Å². The molecule has 0 spiro atoms. The molecule has 1 aliphatic heterocycles. The zero-order valence-electron chi connectivity index (χ0n) is 28.1. The molecule has 0 amide bonds. The van der Waals surface area contributed by atoms with Gasteiger partial charge in [-0.15, -0.1) is 0 Å². The molecule has 0 aliphatic carbocycles. The van der Waals surface area contributed by atoms with Crippen LogP contribution >= 0.6 is 0 Å². The van der Waals surface area contributed by atoms with Gasteiger partial charge in [0.05, 0.1) is 6.54 Å². The monoisotopic (exact) mass is 619 g/mol. The molecule has 11 nitrogen and oxygen atoms in total. The van der Waals surface area contributed by atoms with Gasteiger partial charge in [-0.1, -0.05) is 30.3 Å². The van der Waals surface area contributed by atoms with Gasteiger partial charge in [0, 0.05) is 31.7 Å². The second-order valence-corrected chi connectivity index (χ2v) is 14.6. The molecule has 1 aliphatic rings. The molecule has 2 rings (SSSR count). The minimum absolute atomic E-state index is 0.0553. The van der Waals surface area contributed by atoms with Crippen LogP contribution in [-0.4, -0.2) is 99.4 Å². The standard InChI is InChI=1S/C33H53N3O8/c1-22(34-27(29(40)43-32(5,6)7)30(41)44-33(8,9)10)18-35(21-26(37)42-31(2,3)4)20-24-16-17-25(28(38)39)36(24)19-23-14-12-11-13-15-23/h11-15,22,24-25,27,34H,16-21H2,1-10H3,(H,38,39)/t22?,24-,25+/m0/s1. The SMILES string of the molecule is CC(CN(CC(=O)OC(C)(C)C)C[C@@H]1CC[C@H](C(=O)O)N1Cc1ccccc1)NC(C(=O)OC(C)(C)C)C(=O)OC(C)(C)C. The fraction of sp³-hybridized carbons (Fsp3) is 0.697. The third-order valence-electron chi connectivity index (χ3n) is 6.65. The van der Waals surface area contributed by atoms with E-state index < -0.39 is 58.8 Å². The molecule has 1 fully saturated rings. The summed E-state index contributed by atoms with van der Waals surface area (Å²) in [5, 5.41) is 13.0. The topological polar surface area (TPSA) is 135 Å². The molecular formula is C33H53N3O8. The quantitative estimate of drug-likeness (QED) is 0.190. The van der Waals surface area contributed by atoms with E-state index in [2.05, 4.69) is 5.32 Å². The minimum Gasteiger partial charge on any atom is -0.480 e. The molecule has 1 aromatic rings. The van der Waals surface area contributed by atoms with Crippen molar-refractivity contribution >= 4 is 23.9 Å². The van der Waals surface area contributed by atoms with Crippen LogP contribution in [-0.2, 0) is 39.9 Å². The van der Waals surface area contributed by atoms with Gasteiger partial charge in [-0.3, -0.25) is 24.7 Å². The number of carbonyl (C=O) groups is 4. The molecule has 1 saturated heterocycles. The third-order valence-corrected chi connectivity index (χ3v) is 6.65. The summed E-state index contributed by atoms with van der Waals surface area (Å²) in [6.45, 7) is 18.5. The Kier molecular flexibility index (Phi) is 12.9. The van der Waals surface area contributed by atoms with Crippen molar-refractivity contribution < 1.29 is 38.5 Å². The van der Waals surface area contributed by atoms with Gasteiger partial charge in [0.1, 0.15) is 22.8 Å². The number of likely N-dealkylation sites (tertiary alicyclic amines) is 1. The first-order valence-corrected chi connectivity index (χ1v) is 15.3. The molecule has 1 unspecified atom stereocenters. The van der Waals surface area contributed by atoms with Gasteiger partial charge in [-0.25, -0.2) is 9.59 Å². The maximum absolute atomic E-state index is 13.1. The number of esters is 3. The summed E-state index contributed by atoms with van der Waals surface area (Å²) in [7, 11) is 0. The lowest BCUT2D eigenvalue weighted by molar-refractivity contribution is -0.171. The van der Waals surface area contributed by atoms with Crippen molar-refractivity contribution in [2.24, 2.45) is 0 Å². The lowest BCUT2D eigenvalue weighted by atomic mass is 10.1. The zero-order chi connectivity index (χ0) is 33.5. The van der Waals surface area contributed by atoms with E-state index in [-0.39, 0.29) is 19.1 Å². The number of nitrogens with zero attached hydrogens (tertiary/aromatic N) is 2. The zero-order valence-corrected chi connectivity index (χ0v) is 28.1. The summed E-state index contributed by atoms with van der Waals surface area (Å²) in [4.78, 5) is 55.2. The fourth-order valence-electron chi connectivity index (χ4n) is 5.17. The van der Waals surface area contributed by atoms with Crippen LogP contribution in [0.2, 0.25) is 0 Å². The van der Waals surface area contributed by atoms with Crippen LogP contribution in [0.25, 0.3) is 0 Å². The van der Waals surface area contributed by atoms with E-state index in [1.807, 2.05) is 40.1 Å². The molecule has 0 saturated carbocycles. The van der Waals surface area contributed by atoms with Crippen LogP contribution in [0.5, 0.6) is 0 Å². The molecule has 0 bridgehead atoms. The minimum atomic E-state index is -1.38. The molecular weight excluding hydrogens is 566 g/mol. The highest BCUT2D eigenvalue weighted by Crippen LogP contribution is 2.28. The van der Waals surface area contributed by atoms with Crippen LogP contribution in [0.1, 0.15) is 87.6 Å². The Balaban J connectivity index is 2.30. The van der Waals surface area contributed by atoms with E-state index in [9.17, 15) is 24.3 Å². The summed E-state index contributed by atoms with van der Waals surface area (Å²) in [6, 6.07) is 7.03. The largest absolute Gasteiger partial charge is 0.480 e. The second kappa shape index (κ2) is 15.3. The first-order valence-electron chi connectivity index (χ1n) is 15.3. The summed E-state index contributed by atoms with van der Waals surface area (Å²) in [5.74, 6) is -2.82. The number of nitrogens with one attached hydrogen (secondary N) is 1. The highest BCUT2D eigenvalue weighted by Gasteiger charge is 2.40. The number of aliphatic carboxylic acids is 1. The third kappa shape index (κ3) is 13.3. The number of hydrogen-bond acceptors (Lipinski definition) is 10. The van der Waals surface area contributed by atoms with Crippen molar-refractivity contribution in [3.05, 3.63) is 35.9 Å². The van der Waals surface area contributed by atoms with Crippen molar-refractivity contribution in [3.8, 4) is 0 Å². The van der Waals surface area contributed by atoms with E-state index in [0.29, 0.717) is 25.9 Å². The molecule has 2 N–H and O–H groups in total. The average molecular weight is 620 g/mol. The molecule has 1 heterocycles. The van der Waals surface area contributed by atoms with Gasteiger partial charge in [0.25, 0.3) is 0 Å². The maximum Gasteiger partial charge on any atom is 0.335 e. The molecule has 3 atom stereocenters. The van der Waals surface area contributed by atoms with Crippen molar-refractivity contribution in [2.75, 3.05) is 19.6 Å². The Morgan fingerprint density at radius 3 is 1.89 bits per heavy atom. The fourth-order valence-corrected chi connectivity index (χ4v) is 5.17. The smallest absolute Gasteiger partial charge is 0.335 e. The summed E-state index contributed by atoms with van der Waals surface area (Å²) >= 11 is 0. The molecule has 248 valence electrons. The first kappa shape index (κ1) is 37.2. The van der Waals surface area contributed by atoms with Gasteiger partial charge < -0.3 is 19.3 Å². The highest BCUT2D eigenvalue weighted by molar-refractivity contribution is 5.99. The molecule has 1 aromatic carbocycles. The first-order chi connectivity index (χ1) is 20.1. The maximum atomic E-state index is 13.1. The van der Waals surface area contributed by atoms with Crippen LogP contribution in [0, 0.1) is 0 Å². The Morgan fingerprint density at radius 1 is 0.886 bits per heavy atom. The van der Waals surface area contributed by atoms with Crippen molar-refractivity contribution in [2.45, 2.75) is 130 Å². The van der Waals surface area contributed by atoms with E-state index in [0.717, 1.165) is 5.56 Å². The molecule has 0 radical (unpaired) electrons. The van der Waals surface area contributed by atoms with Gasteiger partial charge in [0.2, 0.25) is 6.04 Å². The average Bonchev–Trinajstić information content (AvgIpc) is 3.21. The Bertz CT molecular complexity index is 1090. The summed E-state index contributed by atoms with van der Waals surface area (Å²) < 4.78 is 16.6. The van der Waals surface area contributed by atoms with E-state index in [1.54, 1.807) is 69.2 Å². The van der Waals surface area contributed by atoms with Crippen molar-refractivity contribution in [1.29, 1.82) is 0 Å². The Labute approximate surface area is 262 Å². The number of hydrogen-bond donors (Lipinski definition) is 2. The number of ether oxygens (including phenoxy) is 3. The Morgan fingerprint density at radius 2 is 1.41 bits per heavy atom. The Hall–Kier alpha value is -3.02. The van der Waals surface area contributed by atoms with Crippen molar-refractivity contribution in [3.63, 3.8) is 0 Å².